The minimum absolute atomic E-state index is 0.359. The predicted molar refractivity (Wildman–Crippen MR) is 117 cm³/mol. The average molecular weight is 401 g/mol. The number of rotatable bonds is 8. The number of aryl methyl sites for hydroxylation is 1. The average Bonchev–Trinajstić information content (AvgIpc) is 3.08. The maximum absolute atomic E-state index is 10.7. The fraction of sp³-hybridized carbons (Fsp3) is 0.652. The van der Waals surface area contributed by atoms with Crippen LogP contribution < -0.4 is 0 Å². The van der Waals surface area contributed by atoms with Gasteiger partial charge in [0.15, 0.2) is 0 Å². The van der Waals surface area contributed by atoms with E-state index in [1.54, 1.807) is 0 Å². The number of hydrogen-bond donors (Lipinski definition) is 1. The number of aromatic nitrogens is 1. The highest BCUT2D eigenvalue weighted by Gasteiger charge is 2.17. The highest BCUT2D eigenvalue weighted by Crippen LogP contribution is 2.23. The van der Waals surface area contributed by atoms with Gasteiger partial charge in [-0.05, 0) is 38.1 Å². The summed E-state index contributed by atoms with van der Waals surface area (Å²) < 4.78 is 7.67. The van der Waals surface area contributed by atoms with Gasteiger partial charge < -0.3 is 24.2 Å². The Hall–Kier alpha value is -1.44. The van der Waals surface area contributed by atoms with E-state index in [1.165, 1.54) is 55.6 Å². The fourth-order valence-electron chi connectivity index (χ4n) is 4.60. The van der Waals surface area contributed by atoms with Crippen molar-refractivity contribution in [3.05, 3.63) is 36.0 Å². The maximum atomic E-state index is 10.7. The van der Waals surface area contributed by atoms with E-state index >= 15 is 0 Å². The molecule has 0 amide bonds. The zero-order valence-corrected chi connectivity index (χ0v) is 17.8. The molecule has 6 nitrogen and oxygen atoms in total. The number of aliphatic hydroxyl groups is 1. The van der Waals surface area contributed by atoms with Crippen LogP contribution in [0.5, 0.6) is 0 Å². The van der Waals surface area contributed by atoms with Crippen LogP contribution in [0.2, 0.25) is 0 Å². The number of nitrogens with zero attached hydrogens (tertiary/aromatic N) is 4. The first-order chi connectivity index (χ1) is 14.2. The summed E-state index contributed by atoms with van der Waals surface area (Å²) in [6.45, 7) is 10.7. The summed E-state index contributed by atoms with van der Waals surface area (Å²) in [5, 5.41) is 12.0. The van der Waals surface area contributed by atoms with E-state index in [0.29, 0.717) is 13.1 Å². The van der Waals surface area contributed by atoms with Crippen LogP contribution in [-0.2, 0) is 17.7 Å². The van der Waals surface area contributed by atoms with Gasteiger partial charge in [-0.1, -0.05) is 18.2 Å². The molecule has 1 aromatic carbocycles. The van der Waals surface area contributed by atoms with Gasteiger partial charge in [0.1, 0.15) is 0 Å². The van der Waals surface area contributed by atoms with E-state index in [0.717, 1.165) is 32.7 Å². The van der Waals surface area contributed by atoms with Crippen molar-refractivity contribution in [3.63, 3.8) is 0 Å². The van der Waals surface area contributed by atoms with Crippen LogP contribution in [0.1, 0.15) is 12.0 Å². The Morgan fingerprint density at radius 3 is 2.52 bits per heavy atom. The van der Waals surface area contributed by atoms with Gasteiger partial charge >= 0.3 is 0 Å². The van der Waals surface area contributed by atoms with E-state index in [1.807, 2.05) is 0 Å². The lowest BCUT2D eigenvalue weighted by atomic mass is 10.1. The molecule has 2 aliphatic rings. The minimum Gasteiger partial charge on any atom is -0.390 e. The molecule has 0 spiro atoms. The van der Waals surface area contributed by atoms with Crippen molar-refractivity contribution in [2.24, 2.45) is 0 Å². The Labute approximate surface area is 174 Å². The summed E-state index contributed by atoms with van der Waals surface area (Å²) in [5.41, 5.74) is 2.65. The third-order valence-electron chi connectivity index (χ3n) is 6.37. The van der Waals surface area contributed by atoms with Crippen LogP contribution in [0.4, 0.5) is 0 Å². The number of morpholine rings is 1. The molecule has 0 bridgehead atoms. The predicted octanol–water partition coefficient (Wildman–Crippen LogP) is 1.51. The van der Waals surface area contributed by atoms with Gasteiger partial charge in [-0.15, -0.1) is 0 Å². The molecule has 29 heavy (non-hydrogen) atoms. The molecule has 0 saturated carbocycles. The van der Waals surface area contributed by atoms with Crippen LogP contribution in [0, 0.1) is 0 Å². The maximum Gasteiger partial charge on any atom is 0.0845 e. The normalized spacial score (nSPS) is 21.0. The summed E-state index contributed by atoms with van der Waals surface area (Å²) in [7, 11) is 2.21. The van der Waals surface area contributed by atoms with Gasteiger partial charge in [-0.25, -0.2) is 0 Å². The Balaban J connectivity index is 1.35. The second-order valence-corrected chi connectivity index (χ2v) is 8.64. The van der Waals surface area contributed by atoms with E-state index < -0.39 is 0 Å². The van der Waals surface area contributed by atoms with Gasteiger partial charge in [0.25, 0.3) is 0 Å². The molecule has 3 heterocycles. The van der Waals surface area contributed by atoms with Gasteiger partial charge in [0.2, 0.25) is 0 Å². The number of likely N-dealkylation sites (N-methyl/N-ethyl adjacent to an activating group) is 1. The third-order valence-corrected chi connectivity index (χ3v) is 6.37. The standard InChI is InChI=1S/C23H36N4O2/c1-24-9-11-25(12-10-24)8-4-5-20-17-27(23-7-3-2-6-22(20)23)19-21(28)18-26-13-15-29-16-14-26/h2-3,6-7,17,21,28H,4-5,8-16,18-19H2,1H3. The summed E-state index contributed by atoms with van der Waals surface area (Å²) in [4.78, 5) is 7.30. The monoisotopic (exact) mass is 400 g/mol. The number of ether oxygens (including phenoxy) is 1. The third kappa shape index (κ3) is 5.58. The lowest BCUT2D eigenvalue weighted by molar-refractivity contribution is 0.0117. The first kappa shape index (κ1) is 20.8. The van der Waals surface area contributed by atoms with Crippen molar-refractivity contribution in [2.45, 2.75) is 25.5 Å². The fourth-order valence-corrected chi connectivity index (χ4v) is 4.60. The van der Waals surface area contributed by atoms with E-state index in [2.05, 4.69) is 56.8 Å². The van der Waals surface area contributed by atoms with Crippen LogP contribution in [0.15, 0.2) is 30.5 Å². The van der Waals surface area contributed by atoms with Crippen LogP contribution in [0.25, 0.3) is 10.9 Å². The molecule has 2 aromatic rings. The van der Waals surface area contributed by atoms with Crippen molar-refractivity contribution >= 4 is 10.9 Å². The number of benzene rings is 1. The van der Waals surface area contributed by atoms with Gasteiger partial charge in [0.05, 0.1) is 19.3 Å². The van der Waals surface area contributed by atoms with Crippen LogP contribution >= 0.6 is 0 Å². The molecule has 2 aliphatic heterocycles. The van der Waals surface area contributed by atoms with E-state index in [4.69, 9.17) is 4.74 Å². The summed E-state index contributed by atoms with van der Waals surface area (Å²) in [6, 6.07) is 8.63. The van der Waals surface area contributed by atoms with Crippen molar-refractivity contribution in [1.29, 1.82) is 0 Å². The molecule has 1 N–H and O–H groups in total. The SMILES string of the molecule is CN1CCN(CCCc2cn(CC(O)CN3CCOCC3)c3ccccc23)CC1. The zero-order valence-electron chi connectivity index (χ0n) is 17.8. The summed E-state index contributed by atoms with van der Waals surface area (Å²) >= 11 is 0. The lowest BCUT2D eigenvalue weighted by Gasteiger charge is -2.32. The molecule has 160 valence electrons. The van der Waals surface area contributed by atoms with Gasteiger partial charge in [0, 0.05) is 69.5 Å². The molecule has 1 aromatic heterocycles. The number of β-amino-alcohol motifs (C(OH)–C–C–N with tert-alkyl or cyclic N) is 1. The van der Waals surface area contributed by atoms with Crippen molar-refractivity contribution < 1.29 is 9.84 Å². The second kappa shape index (κ2) is 10.0. The molecule has 4 rings (SSSR count). The van der Waals surface area contributed by atoms with Crippen LogP contribution in [0.3, 0.4) is 0 Å². The largest absolute Gasteiger partial charge is 0.390 e. The number of aliphatic hydroxyl groups excluding tert-OH is 1. The smallest absolute Gasteiger partial charge is 0.0845 e. The van der Waals surface area contributed by atoms with Crippen molar-refractivity contribution in [3.8, 4) is 0 Å². The molecule has 0 aliphatic carbocycles. The summed E-state index contributed by atoms with van der Waals surface area (Å²) in [6.07, 6.45) is 4.20. The van der Waals surface area contributed by atoms with Crippen molar-refractivity contribution in [2.75, 3.05) is 72.6 Å². The van der Waals surface area contributed by atoms with Crippen LogP contribution in [-0.4, -0.2) is 103 Å². The highest BCUT2D eigenvalue weighted by molar-refractivity contribution is 5.84. The Bertz CT molecular complexity index is 763. The van der Waals surface area contributed by atoms with Gasteiger partial charge in [-0.3, -0.25) is 4.90 Å². The first-order valence-electron chi connectivity index (χ1n) is 11.1. The van der Waals surface area contributed by atoms with Gasteiger partial charge in [-0.2, -0.15) is 0 Å². The number of hydrogen-bond acceptors (Lipinski definition) is 5. The minimum atomic E-state index is -0.359. The zero-order chi connectivity index (χ0) is 20.1. The molecular formula is C23H36N4O2. The number of para-hydroxylation sites is 1. The van der Waals surface area contributed by atoms with Crippen molar-refractivity contribution in [1.82, 2.24) is 19.3 Å². The quantitative estimate of drug-likeness (QED) is 0.728. The topological polar surface area (TPSA) is 44.1 Å². The molecule has 1 atom stereocenters. The molecular weight excluding hydrogens is 364 g/mol. The Morgan fingerprint density at radius 1 is 0.966 bits per heavy atom. The molecule has 0 radical (unpaired) electrons. The highest BCUT2D eigenvalue weighted by atomic mass is 16.5. The number of piperazine rings is 1. The lowest BCUT2D eigenvalue weighted by Crippen LogP contribution is -2.44. The van der Waals surface area contributed by atoms with E-state index in [9.17, 15) is 5.11 Å². The summed E-state index contributed by atoms with van der Waals surface area (Å²) in [5.74, 6) is 0. The molecule has 1 unspecified atom stereocenters. The van der Waals surface area contributed by atoms with E-state index in [-0.39, 0.29) is 6.10 Å². The molecule has 2 saturated heterocycles. The Morgan fingerprint density at radius 2 is 1.72 bits per heavy atom. The molecule has 2 fully saturated rings. The first-order valence-corrected chi connectivity index (χ1v) is 11.1. The Kier molecular flexibility index (Phi) is 7.21. The molecule has 6 heteroatoms. The number of fused-ring (bicyclic) bond motifs is 1. The second-order valence-electron chi connectivity index (χ2n) is 8.64.